The van der Waals surface area contributed by atoms with Gasteiger partial charge in [0.25, 0.3) is 0 Å². The Morgan fingerprint density at radius 2 is 2.27 bits per heavy atom. The fourth-order valence-electron chi connectivity index (χ4n) is 2.54. The third-order valence-corrected chi connectivity index (χ3v) is 3.27. The number of morpholine rings is 1. The summed E-state index contributed by atoms with van der Waals surface area (Å²) in [6.45, 7) is 1.73. The maximum absolute atomic E-state index is 10.9. The van der Waals surface area contributed by atoms with Crippen molar-refractivity contribution in [2.24, 2.45) is 0 Å². The van der Waals surface area contributed by atoms with Gasteiger partial charge in [-0.1, -0.05) is 12.1 Å². The summed E-state index contributed by atoms with van der Waals surface area (Å²) in [4.78, 5) is 13.2. The highest BCUT2D eigenvalue weighted by atomic mass is 16.5. The number of hydrogen-bond donors (Lipinski definition) is 0. The second-order valence-electron chi connectivity index (χ2n) is 4.17. The highest BCUT2D eigenvalue weighted by Crippen LogP contribution is 2.33. The van der Waals surface area contributed by atoms with Crippen molar-refractivity contribution >= 4 is 12.0 Å². The Balaban J connectivity index is 1.96. The summed E-state index contributed by atoms with van der Waals surface area (Å²) in [5.41, 5.74) is 1.84. The van der Waals surface area contributed by atoms with E-state index in [1.165, 1.54) is 0 Å². The lowest BCUT2D eigenvalue weighted by Gasteiger charge is -2.29. The van der Waals surface area contributed by atoms with Gasteiger partial charge in [0.2, 0.25) is 0 Å². The van der Waals surface area contributed by atoms with Crippen LogP contribution in [-0.4, -0.2) is 31.6 Å². The van der Waals surface area contributed by atoms with Gasteiger partial charge >= 0.3 is 0 Å². The van der Waals surface area contributed by atoms with Crippen molar-refractivity contribution in [3.05, 3.63) is 29.8 Å². The van der Waals surface area contributed by atoms with Gasteiger partial charge in [0, 0.05) is 17.8 Å². The number of carbonyl (C=O) groups excluding carboxylic acids is 1. The van der Waals surface area contributed by atoms with Crippen LogP contribution in [0.3, 0.4) is 0 Å². The Morgan fingerprint density at radius 1 is 1.40 bits per heavy atom. The van der Waals surface area contributed by atoms with E-state index in [0.717, 1.165) is 37.1 Å². The van der Waals surface area contributed by atoms with Gasteiger partial charge < -0.3 is 9.64 Å². The van der Waals surface area contributed by atoms with Crippen LogP contribution in [0.5, 0.6) is 0 Å². The number of nitrogens with zero attached hydrogens (tertiary/aromatic N) is 1. The number of benzene rings is 1. The molecular weight excluding hydrogens is 190 g/mol. The number of anilines is 1. The minimum Gasteiger partial charge on any atom is -0.374 e. The van der Waals surface area contributed by atoms with Gasteiger partial charge in [0.05, 0.1) is 18.8 Å². The van der Waals surface area contributed by atoms with E-state index in [9.17, 15) is 4.79 Å². The second kappa shape index (κ2) is 3.35. The van der Waals surface area contributed by atoms with Crippen LogP contribution in [0.1, 0.15) is 16.8 Å². The number of hydrogen-bond acceptors (Lipinski definition) is 3. The van der Waals surface area contributed by atoms with E-state index >= 15 is 0 Å². The van der Waals surface area contributed by atoms with Crippen LogP contribution in [0, 0.1) is 0 Å². The van der Waals surface area contributed by atoms with Crippen molar-refractivity contribution in [2.45, 2.75) is 18.6 Å². The summed E-state index contributed by atoms with van der Waals surface area (Å²) >= 11 is 0. The largest absolute Gasteiger partial charge is 0.374 e. The standard InChI is InChI=1S/C12H13NO2/c14-7-9-3-1-2-4-12(9)13-6-11-5-10(13)8-15-11/h1-4,7,10-11H,5-6,8H2/t10-,11-/m0/s1. The first-order valence-electron chi connectivity index (χ1n) is 5.31. The van der Waals surface area contributed by atoms with E-state index in [2.05, 4.69) is 4.90 Å². The fourth-order valence-corrected chi connectivity index (χ4v) is 2.54. The van der Waals surface area contributed by atoms with E-state index in [1.54, 1.807) is 0 Å². The highest BCUT2D eigenvalue weighted by molar-refractivity contribution is 5.84. The first-order chi connectivity index (χ1) is 7.38. The Labute approximate surface area is 88.6 Å². The maximum atomic E-state index is 10.9. The zero-order valence-electron chi connectivity index (χ0n) is 8.43. The summed E-state index contributed by atoms with van der Waals surface area (Å²) in [6, 6.07) is 8.24. The Morgan fingerprint density at radius 3 is 2.93 bits per heavy atom. The maximum Gasteiger partial charge on any atom is 0.152 e. The van der Waals surface area contributed by atoms with E-state index in [-0.39, 0.29) is 0 Å². The topological polar surface area (TPSA) is 29.5 Å². The van der Waals surface area contributed by atoms with Crippen molar-refractivity contribution in [3.63, 3.8) is 0 Å². The first-order valence-corrected chi connectivity index (χ1v) is 5.31. The number of carbonyl (C=O) groups is 1. The summed E-state index contributed by atoms with van der Waals surface area (Å²) in [6.07, 6.45) is 2.41. The molecule has 0 aliphatic carbocycles. The van der Waals surface area contributed by atoms with Crippen molar-refractivity contribution in [1.82, 2.24) is 0 Å². The first kappa shape index (κ1) is 8.92. The zero-order valence-corrected chi connectivity index (χ0v) is 8.43. The van der Waals surface area contributed by atoms with E-state index in [0.29, 0.717) is 12.1 Å². The van der Waals surface area contributed by atoms with Crippen LogP contribution in [0.25, 0.3) is 0 Å². The Bertz CT molecular complexity index is 391. The van der Waals surface area contributed by atoms with Crippen LogP contribution in [0.15, 0.2) is 24.3 Å². The Kier molecular flexibility index (Phi) is 1.99. The average molecular weight is 203 g/mol. The number of aldehydes is 1. The summed E-state index contributed by atoms with van der Waals surface area (Å²) in [5.74, 6) is 0. The van der Waals surface area contributed by atoms with E-state index in [4.69, 9.17) is 4.74 Å². The SMILES string of the molecule is O=Cc1ccccc1N1C[C@@H]2C[C@H]1CO2. The van der Waals surface area contributed by atoms with Crippen LogP contribution >= 0.6 is 0 Å². The molecule has 2 heterocycles. The van der Waals surface area contributed by atoms with Gasteiger partial charge in [-0.25, -0.2) is 0 Å². The molecule has 0 saturated carbocycles. The molecule has 0 unspecified atom stereocenters. The molecule has 15 heavy (non-hydrogen) atoms. The highest BCUT2D eigenvalue weighted by Gasteiger charge is 2.39. The van der Waals surface area contributed by atoms with Gasteiger partial charge in [0.15, 0.2) is 6.29 Å². The predicted molar refractivity (Wildman–Crippen MR) is 57.3 cm³/mol. The molecule has 3 nitrogen and oxygen atoms in total. The lowest BCUT2D eigenvalue weighted by Crippen LogP contribution is -2.37. The third kappa shape index (κ3) is 1.35. The molecule has 2 bridgehead atoms. The number of para-hydroxylation sites is 1. The van der Waals surface area contributed by atoms with E-state index in [1.807, 2.05) is 24.3 Å². The quantitative estimate of drug-likeness (QED) is 0.682. The molecule has 1 aromatic carbocycles. The summed E-state index contributed by atoms with van der Waals surface area (Å²) < 4.78 is 5.55. The molecule has 2 saturated heterocycles. The summed E-state index contributed by atoms with van der Waals surface area (Å²) in [5, 5.41) is 0. The molecule has 2 aliphatic rings. The van der Waals surface area contributed by atoms with E-state index < -0.39 is 0 Å². The van der Waals surface area contributed by atoms with Crippen LogP contribution in [0.4, 0.5) is 5.69 Å². The molecule has 3 rings (SSSR count). The van der Waals surface area contributed by atoms with Crippen molar-refractivity contribution in [3.8, 4) is 0 Å². The zero-order chi connectivity index (χ0) is 10.3. The van der Waals surface area contributed by atoms with Gasteiger partial charge in [-0.3, -0.25) is 4.79 Å². The molecule has 2 fully saturated rings. The molecule has 2 atom stereocenters. The molecule has 0 radical (unpaired) electrons. The molecule has 78 valence electrons. The number of fused-ring (bicyclic) bond motifs is 2. The lowest BCUT2D eigenvalue weighted by atomic mass is 10.1. The van der Waals surface area contributed by atoms with Crippen molar-refractivity contribution in [1.29, 1.82) is 0 Å². The van der Waals surface area contributed by atoms with Crippen molar-refractivity contribution < 1.29 is 9.53 Å². The normalized spacial score (nSPS) is 28.4. The monoisotopic (exact) mass is 203 g/mol. The lowest BCUT2D eigenvalue weighted by molar-refractivity contribution is 0.0988. The molecule has 0 N–H and O–H groups in total. The molecule has 0 spiro atoms. The molecule has 2 aliphatic heterocycles. The number of rotatable bonds is 2. The molecule has 0 amide bonds. The average Bonchev–Trinajstić information content (AvgIpc) is 2.90. The minimum atomic E-state index is 0.370. The van der Waals surface area contributed by atoms with Crippen molar-refractivity contribution in [2.75, 3.05) is 18.1 Å². The van der Waals surface area contributed by atoms with Gasteiger partial charge in [-0.05, 0) is 18.6 Å². The number of ether oxygens (including phenoxy) is 1. The van der Waals surface area contributed by atoms with Crippen LogP contribution < -0.4 is 4.90 Å². The summed E-state index contributed by atoms with van der Waals surface area (Å²) in [7, 11) is 0. The third-order valence-electron chi connectivity index (χ3n) is 3.27. The fraction of sp³-hybridized carbons (Fsp3) is 0.417. The molecule has 3 heteroatoms. The minimum absolute atomic E-state index is 0.370. The predicted octanol–water partition coefficient (Wildman–Crippen LogP) is 1.48. The smallest absolute Gasteiger partial charge is 0.152 e. The van der Waals surface area contributed by atoms with Gasteiger partial charge in [0.1, 0.15) is 0 Å². The molecule has 0 aromatic heterocycles. The van der Waals surface area contributed by atoms with Gasteiger partial charge in [-0.2, -0.15) is 0 Å². The Hall–Kier alpha value is -1.35. The second-order valence-corrected chi connectivity index (χ2v) is 4.17. The van der Waals surface area contributed by atoms with Gasteiger partial charge in [-0.15, -0.1) is 0 Å². The molecule has 1 aromatic rings. The molecular formula is C12H13NO2. The van der Waals surface area contributed by atoms with Crippen LogP contribution in [0.2, 0.25) is 0 Å². The van der Waals surface area contributed by atoms with Crippen LogP contribution in [-0.2, 0) is 4.74 Å².